The van der Waals surface area contributed by atoms with Crippen molar-refractivity contribution in [2.45, 2.75) is 28.7 Å². The summed E-state index contributed by atoms with van der Waals surface area (Å²) in [6, 6.07) is 21.9. The Balaban J connectivity index is 1.76. The van der Waals surface area contributed by atoms with Crippen molar-refractivity contribution in [3.05, 3.63) is 88.9 Å². The number of benzene rings is 3. The minimum absolute atomic E-state index is 0.627. The van der Waals surface area contributed by atoms with Crippen molar-refractivity contribution in [2.24, 2.45) is 0 Å². The van der Waals surface area contributed by atoms with Crippen LogP contribution in [0.15, 0.2) is 88.1 Å². The second kappa shape index (κ2) is 7.95. The zero-order chi connectivity index (χ0) is 19.6. The van der Waals surface area contributed by atoms with E-state index in [-0.39, 0.29) is 0 Å². The van der Waals surface area contributed by atoms with E-state index in [4.69, 9.17) is 4.74 Å². The molecule has 142 valence electrons. The highest BCUT2D eigenvalue weighted by Crippen LogP contribution is 2.38. The number of rotatable bonds is 6. The quantitative estimate of drug-likeness (QED) is 0.408. The lowest BCUT2D eigenvalue weighted by Gasteiger charge is -2.30. The third-order valence-electron chi connectivity index (χ3n) is 5.07. The van der Waals surface area contributed by atoms with E-state index in [2.05, 4.69) is 18.0 Å². The largest absolute Gasteiger partial charge is 0.366 e. The van der Waals surface area contributed by atoms with Gasteiger partial charge in [0.25, 0.3) is 0 Å². The smallest absolute Gasteiger partial charge is 0.144 e. The summed E-state index contributed by atoms with van der Waals surface area (Å²) in [5.74, 6) is 0. The van der Waals surface area contributed by atoms with Crippen LogP contribution in [-0.2, 0) is 21.1 Å². The maximum atomic E-state index is 13.3. The number of fused-ring (bicyclic) bond motifs is 1. The number of ether oxygens (including phenoxy) is 1. The molecule has 0 aliphatic heterocycles. The molecule has 0 bridgehead atoms. The molecule has 1 aromatic heterocycles. The normalized spacial score (nSPS) is 14.6. The van der Waals surface area contributed by atoms with E-state index in [0.29, 0.717) is 0 Å². The average molecular weight is 408 g/mol. The van der Waals surface area contributed by atoms with Crippen LogP contribution in [0.1, 0.15) is 23.9 Å². The lowest BCUT2D eigenvalue weighted by molar-refractivity contribution is 0.0182. The van der Waals surface area contributed by atoms with Gasteiger partial charge in [0.05, 0.1) is 10.8 Å². The zero-order valence-corrected chi connectivity index (χ0v) is 17.4. The summed E-state index contributed by atoms with van der Waals surface area (Å²) < 4.78 is 19.3. The van der Waals surface area contributed by atoms with E-state index in [1.807, 2.05) is 66.0 Å². The van der Waals surface area contributed by atoms with Crippen molar-refractivity contribution >= 4 is 32.9 Å². The van der Waals surface area contributed by atoms with E-state index >= 15 is 0 Å². The molecule has 0 saturated heterocycles. The van der Waals surface area contributed by atoms with Gasteiger partial charge in [0.15, 0.2) is 0 Å². The number of hydrogen-bond donors (Lipinski definition) is 0. The maximum absolute atomic E-state index is 13.3. The highest BCUT2D eigenvalue weighted by Gasteiger charge is 2.35. The second-order valence-corrected chi connectivity index (χ2v) is 8.90. The summed E-state index contributed by atoms with van der Waals surface area (Å²) in [5.41, 5.74) is 0.344. The minimum atomic E-state index is -1.27. The number of thiazole rings is 1. The Morgan fingerprint density at radius 2 is 1.79 bits per heavy atom. The van der Waals surface area contributed by atoms with Gasteiger partial charge < -0.3 is 4.74 Å². The molecular weight excluding hydrogens is 386 g/mol. The second-order valence-electron chi connectivity index (χ2n) is 6.53. The Morgan fingerprint density at radius 3 is 2.50 bits per heavy atom. The SMILES string of the molecule is CCC(OC)(c1cccc(S(=O)c2ccc3ccccc3c2)c1)c1nccs1. The lowest BCUT2D eigenvalue weighted by Crippen LogP contribution is -2.29. The molecule has 28 heavy (non-hydrogen) atoms. The average Bonchev–Trinajstić information content (AvgIpc) is 3.30. The molecule has 0 saturated carbocycles. The molecule has 0 radical (unpaired) electrons. The Labute approximate surface area is 171 Å². The maximum Gasteiger partial charge on any atom is 0.144 e. The van der Waals surface area contributed by atoms with Crippen LogP contribution < -0.4 is 0 Å². The molecule has 5 heteroatoms. The molecule has 3 nitrogen and oxygen atoms in total. The molecule has 0 N–H and O–H groups in total. The molecule has 0 aliphatic carbocycles. The van der Waals surface area contributed by atoms with Gasteiger partial charge in [0.1, 0.15) is 10.6 Å². The van der Waals surface area contributed by atoms with Crippen LogP contribution in [0.5, 0.6) is 0 Å². The lowest BCUT2D eigenvalue weighted by atomic mass is 9.91. The number of hydrogen-bond acceptors (Lipinski definition) is 4. The van der Waals surface area contributed by atoms with Crippen molar-refractivity contribution in [3.63, 3.8) is 0 Å². The molecule has 0 amide bonds. The van der Waals surface area contributed by atoms with Gasteiger partial charge >= 0.3 is 0 Å². The van der Waals surface area contributed by atoms with Crippen LogP contribution in [0.25, 0.3) is 10.8 Å². The summed E-state index contributed by atoms with van der Waals surface area (Å²) >= 11 is 1.57. The first-order valence-corrected chi connectivity index (χ1v) is 11.2. The fourth-order valence-corrected chi connectivity index (χ4v) is 5.57. The standard InChI is InChI=1S/C23H21NO2S2/c1-3-23(26-2,22-24-13-14-27-22)19-9-6-10-20(16-19)28(25)21-12-11-17-7-4-5-8-18(17)15-21/h4-16H,3H2,1-2H3. The molecule has 3 aromatic carbocycles. The van der Waals surface area contributed by atoms with Gasteiger partial charge in [-0.2, -0.15) is 0 Å². The first kappa shape index (κ1) is 19.0. The van der Waals surface area contributed by atoms with Gasteiger partial charge in [-0.3, -0.25) is 0 Å². The fourth-order valence-electron chi connectivity index (χ4n) is 3.53. The molecule has 1 heterocycles. The number of nitrogens with zero attached hydrogens (tertiary/aromatic N) is 1. The van der Waals surface area contributed by atoms with Crippen molar-refractivity contribution in [3.8, 4) is 0 Å². The van der Waals surface area contributed by atoms with Gasteiger partial charge in [-0.1, -0.05) is 49.4 Å². The van der Waals surface area contributed by atoms with Gasteiger partial charge in [-0.15, -0.1) is 11.3 Å². The van der Waals surface area contributed by atoms with Crippen molar-refractivity contribution in [1.29, 1.82) is 0 Å². The zero-order valence-electron chi connectivity index (χ0n) is 15.8. The van der Waals surface area contributed by atoms with E-state index in [9.17, 15) is 4.21 Å². The fraction of sp³-hybridized carbons (Fsp3) is 0.174. The van der Waals surface area contributed by atoms with E-state index in [1.165, 1.54) is 0 Å². The predicted octanol–water partition coefficient (Wildman–Crippen LogP) is 5.76. The molecule has 2 atom stereocenters. The van der Waals surface area contributed by atoms with Crippen LogP contribution in [0.2, 0.25) is 0 Å². The number of aromatic nitrogens is 1. The molecule has 4 rings (SSSR count). The minimum Gasteiger partial charge on any atom is -0.366 e. The molecule has 0 spiro atoms. The van der Waals surface area contributed by atoms with Gasteiger partial charge in [-0.25, -0.2) is 9.19 Å². The van der Waals surface area contributed by atoms with Crippen LogP contribution in [-0.4, -0.2) is 16.3 Å². The van der Waals surface area contributed by atoms with Crippen LogP contribution >= 0.6 is 11.3 Å². The van der Waals surface area contributed by atoms with Gasteiger partial charge in [0, 0.05) is 28.5 Å². The monoisotopic (exact) mass is 407 g/mol. The van der Waals surface area contributed by atoms with E-state index in [0.717, 1.165) is 37.6 Å². The third kappa shape index (κ3) is 3.30. The molecule has 2 unspecified atom stereocenters. The Morgan fingerprint density at radius 1 is 1.00 bits per heavy atom. The summed E-state index contributed by atoms with van der Waals surface area (Å²) in [5, 5.41) is 5.10. The van der Waals surface area contributed by atoms with Crippen LogP contribution in [0, 0.1) is 0 Å². The van der Waals surface area contributed by atoms with Crippen molar-refractivity contribution in [2.75, 3.05) is 7.11 Å². The summed E-state index contributed by atoms with van der Waals surface area (Å²) in [4.78, 5) is 6.05. The van der Waals surface area contributed by atoms with Crippen LogP contribution in [0.4, 0.5) is 0 Å². The Hall–Kier alpha value is -2.34. The summed E-state index contributed by atoms with van der Waals surface area (Å²) in [6.45, 7) is 2.08. The molecule has 0 aliphatic rings. The Bertz CT molecular complexity index is 1120. The number of methoxy groups -OCH3 is 1. The topological polar surface area (TPSA) is 39.2 Å². The predicted molar refractivity (Wildman–Crippen MR) is 115 cm³/mol. The molecule has 4 aromatic rings. The third-order valence-corrected chi connectivity index (χ3v) is 7.35. The highest BCUT2D eigenvalue weighted by atomic mass is 32.2. The van der Waals surface area contributed by atoms with Gasteiger partial charge in [0.2, 0.25) is 0 Å². The summed E-state index contributed by atoms with van der Waals surface area (Å²) in [7, 11) is 0.435. The van der Waals surface area contributed by atoms with Crippen LogP contribution in [0.3, 0.4) is 0 Å². The first-order chi connectivity index (χ1) is 13.7. The molecular formula is C23H21NO2S2. The first-order valence-electron chi connectivity index (χ1n) is 9.14. The van der Waals surface area contributed by atoms with E-state index in [1.54, 1.807) is 24.6 Å². The van der Waals surface area contributed by atoms with Gasteiger partial charge in [-0.05, 0) is 47.0 Å². The summed E-state index contributed by atoms with van der Waals surface area (Å²) in [6.07, 6.45) is 2.53. The van der Waals surface area contributed by atoms with Crippen molar-refractivity contribution < 1.29 is 8.95 Å². The molecule has 0 fully saturated rings. The highest BCUT2D eigenvalue weighted by molar-refractivity contribution is 7.85. The van der Waals surface area contributed by atoms with E-state index < -0.39 is 16.4 Å². The van der Waals surface area contributed by atoms with Crippen molar-refractivity contribution in [1.82, 2.24) is 4.98 Å². The Kier molecular flexibility index (Phi) is 5.40.